The number of pyridine rings is 1. The number of benzene rings is 1. The SMILES string of the molecule is O=C(CSc1nnc2c(Cl)cc(C(F)(F)F)cn12)Nc1ccc([N+](=O)[O-])cc1. The average Bonchev–Trinajstić information content (AvgIpc) is 3.03. The van der Waals surface area contributed by atoms with E-state index in [1.807, 2.05) is 0 Å². The van der Waals surface area contributed by atoms with Gasteiger partial charge in [-0.25, -0.2) is 0 Å². The highest BCUT2D eigenvalue weighted by atomic mass is 35.5. The number of anilines is 1. The molecule has 1 aromatic carbocycles. The molecular weight excluding hydrogens is 423 g/mol. The molecular formula is C15H9ClF3N5O3S. The Bertz CT molecular complexity index is 1060. The number of carbonyl (C=O) groups is 1. The van der Waals surface area contributed by atoms with Crippen molar-refractivity contribution >= 4 is 46.3 Å². The number of amides is 1. The smallest absolute Gasteiger partial charge is 0.325 e. The number of nitro groups is 1. The van der Waals surface area contributed by atoms with Crippen LogP contribution in [0.2, 0.25) is 5.02 Å². The van der Waals surface area contributed by atoms with Gasteiger partial charge in [-0.05, 0) is 18.2 Å². The van der Waals surface area contributed by atoms with Gasteiger partial charge in [-0.2, -0.15) is 13.2 Å². The highest BCUT2D eigenvalue weighted by Crippen LogP contribution is 2.33. The first-order valence-corrected chi connectivity index (χ1v) is 8.80. The zero-order chi connectivity index (χ0) is 20.5. The third-order valence-corrected chi connectivity index (χ3v) is 4.67. The first kappa shape index (κ1) is 19.9. The highest BCUT2D eigenvalue weighted by Gasteiger charge is 2.32. The number of hydrogen-bond acceptors (Lipinski definition) is 6. The number of rotatable bonds is 5. The highest BCUT2D eigenvalue weighted by molar-refractivity contribution is 7.99. The van der Waals surface area contributed by atoms with Crippen molar-refractivity contribution in [1.29, 1.82) is 0 Å². The molecule has 0 saturated carbocycles. The number of carbonyl (C=O) groups excluding carboxylic acids is 1. The number of nitro benzene ring substituents is 1. The fourth-order valence-corrected chi connectivity index (χ4v) is 3.14. The fourth-order valence-electron chi connectivity index (χ4n) is 2.18. The number of halogens is 4. The molecule has 0 bridgehead atoms. The summed E-state index contributed by atoms with van der Waals surface area (Å²) in [6.45, 7) is 0. The Morgan fingerprint density at radius 3 is 2.57 bits per heavy atom. The van der Waals surface area contributed by atoms with Crippen LogP contribution in [0.4, 0.5) is 24.5 Å². The van der Waals surface area contributed by atoms with Crippen molar-refractivity contribution in [2.75, 3.05) is 11.1 Å². The van der Waals surface area contributed by atoms with Crippen LogP contribution in [0.5, 0.6) is 0 Å². The normalized spacial score (nSPS) is 11.6. The molecule has 8 nitrogen and oxygen atoms in total. The number of nitrogens with one attached hydrogen (secondary N) is 1. The molecule has 0 saturated heterocycles. The van der Waals surface area contributed by atoms with Gasteiger partial charge in [-0.15, -0.1) is 10.2 Å². The predicted molar refractivity (Wildman–Crippen MR) is 95.4 cm³/mol. The fraction of sp³-hybridized carbons (Fsp3) is 0.133. The van der Waals surface area contributed by atoms with Crippen molar-refractivity contribution in [3.8, 4) is 0 Å². The molecule has 0 aliphatic heterocycles. The number of non-ortho nitro benzene ring substituents is 1. The first-order chi connectivity index (χ1) is 13.1. The lowest BCUT2D eigenvalue weighted by Gasteiger charge is -2.08. The Morgan fingerprint density at radius 2 is 1.96 bits per heavy atom. The van der Waals surface area contributed by atoms with Crippen molar-refractivity contribution in [3.05, 3.63) is 57.2 Å². The van der Waals surface area contributed by atoms with Gasteiger partial charge in [0.2, 0.25) is 5.91 Å². The summed E-state index contributed by atoms with van der Waals surface area (Å²) in [4.78, 5) is 22.1. The van der Waals surface area contributed by atoms with E-state index in [0.717, 1.165) is 28.4 Å². The summed E-state index contributed by atoms with van der Waals surface area (Å²) in [7, 11) is 0. The van der Waals surface area contributed by atoms with Gasteiger partial charge in [0, 0.05) is 24.0 Å². The van der Waals surface area contributed by atoms with Crippen LogP contribution >= 0.6 is 23.4 Å². The summed E-state index contributed by atoms with van der Waals surface area (Å²) < 4.78 is 39.9. The van der Waals surface area contributed by atoms with Crippen molar-refractivity contribution < 1.29 is 22.9 Å². The minimum atomic E-state index is -4.60. The average molecular weight is 432 g/mol. The van der Waals surface area contributed by atoms with E-state index in [0.29, 0.717) is 5.69 Å². The standard InChI is InChI=1S/C15H9ClF3N5O3S/c16-11-5-8(15(17,18)19)6-23-13(11)21-22-14(23)28-7-12(25)20-9-1-3-10(4-2-9)24(26)27/h1-6H,7H2,(H,20,25). The monoisotopic (exact) mass is 431 g/mol. The summed E-state index contributed by atoms with van der Waals surface area (Å²) in [5.41, 5.74) is -0.723. The minimum absolute atomic E-state index is 0.0351. The van der Waals surface area contributed by atoms with Gasteiger partial charge in [0.1, 0.15) is 0 Å². The van der Waals surface area contributed by atoms with E-state index in [1.54, 1.807) is 0 Å². The van der Waals surface area contributed by atoms with E-state index >= 15 is 0 Å². The van der Waals surface area contributed by atoms with Gasteiger partial charge in [-0.1, -0.05) is 23.4 Å². The van der Waals surface area contributed by atoms with Gasteiger partial charge in [0.05, 0.1) is 21.3 Å². The molecule has 2 aromatic heterocycles. The van der Waals surface area contributed by atoms with Gasteiger partial charge < -0.3 is 5.32 Å². The summed E-state index contributed by atoms with van der Waals surface area (Å²) in [5.74, 6) is -0.653. The maximum atomic E-state index is 12.9. The maximum absolute atomic E-state index is 12.9. The lowest BCUT2D eigenvalue weighted by molar-refractivity contribution is -0.384. The molecule has 2 heterocycles. The van der Waals surface area contributed by atoms with Crippen molar-refractivity contribution in [3.63, 3.8) is 0 Å². The Hall–Kier alpha value is -2.86. The van der Waals surface area contributed by atoms with Crippen LogP contribution < -0.4 is 5.32 Å². The number of alkyl halides is 3. The molecule has 1 amide bonds. The molecule has 0 atom stereocenters. The van der Waals surface area contributed by atoms with Gasteiger partial charge >= 0.3 is 6.18 Å². The second-order valence-corrected chi connectivity index (χ2v) is 6.74. The molecule has 0 unspecified atom stereocenters. The van der Waals surface area contributed by atoms with Crippen molar-refractivity contribution in [1.82, 2.24) is 14.6 Å². The molecule has 3 rings (SSSR count). The molecule has 13 heteroatoms. The Kier molecular flexibility index (Phi) is 5.42. The molecule has 0 spiro atoms. The quantitative estimate of drug-likeness (QED) is 0.371. The largest absolute Gasteiger partial charge is 0.417 e. The van der Waals surface area contributed by atoms with E-state index < -0.39 is 22.6 Å². The molecule has 0 aliphatic rings. The van der Waals surface area contributed by atoms with Gasteiger partial charge in [-0.3, -0.25) is 19.3 Å². The van der Waals surface area contributed by atoms with E-state index in [1.165, 1.54) is 24.3 Å². The lowest BCUT2D eigenvalue weighted by Crippen LogP contribution is -2.14. The Morgan fingerprint density at radius 1 is 1.29 bits per heavy atom. The topological polar surface area (TPSA) is 102 Å². The summed E-state index contributed by atoms with van der Waals surface area (Å²) in [6, 6.07) is 5.94. The number of fused-ring (bicyclic) bond motifs is 1. The van der Waals surface area contributed by atoms with Crippen LogP contribution in [0.15, 0.2) is 41.7 Å². The summed E-state index contributed by atoms with van der Waals surface area (Å²) >= 11 is 6.69. The van der Waals surface area contributed by atoms with E-state index in [2.05, 4.69) is 15.5 Å². The first-order valence-electron chi connectivity index (χ1n) is 7.44. The van der Waals surface area contributed by atoms with E-state index in [4.69, 9.17) is 11.6 Å². The number of nitrogens with zero attached hydrogens (tertiary/aromatic N) is 4. The molecule has 0 fully saturated rings. The van der Waals surface area contributed by atoms with E-state index in [-0.39, 0.29) is 27.3 Å². The zero-order valence-corrected chi connectivity index (χ0v) is 15.2. The van der Waals surface area contributed by atoms with Crippen LogP contribution in [0.1, 0.15) is 5.56 Å². The summed E-state index contributed by atoms with van der Waals surface area (Å²) in [5, 5.41) is 20.4. The van der Waals surface area contributed by atoms with Crippen LogP contribution in [-0.2, 0) is 11.0 Å². The number of aromatic nitrogens is 3. The van der Waals surface area contributed by atoms with E-state index in [9.17, 15) is 28.1 Å². The molecule has 0 aliphatic carbocycles. The Labute approximate surface area is 163 Å². The third-order valence-electron chi connectivity index (χ3n) is 3.45. The molecule has 1 N–H and O–H groups in total. The predicted octanol–water partition coefficient (Wildman–Crippen LogP) is 4.04. The number of thioether (sulfide) groups is 1. The lowest BCUT2D eigenvalue weighted by atomic mass is 10.3. The minimum Gasteiger partial charge on any atom is -0.325 e. The molecule has 28 heavy (non-hydrogen) atoms. The maximum Gasteiger partial charge on any atom is 0.417 e. The van der Waals surface area contributed by atoms with Crippen LogP contribution in [0.3, 0.4) is 0 Å². The van der Waals surface area contributed by atoms with Crippen LogP contribution in [-0.4, -0.2) is 31.2 Å². The van der Waals surface area contributed by atoms with Gasteiger partial charge in [0.15, 0.2) is 10.8 Å². The van der Waals surface area contributed by atoms with Crippen LogP contribution in [0.25, 0.3) is 5.65 Å². The van der Waals surface area contributed by atoms with Crippen molar-refractivity contribution in [2.45, 2.75) is 11.3 Å². The second kappa shape index (κ2) is 7.64. The molecule has 146 valence electrons. The van der Waals surface area contributed by atoms with Gasteiger partial charge in [0.25, 0.3) is 5.69 Å². The van der Waals surface area contributed by atoms with Crippen molar-refractivity contribution in [2.24, 2.45) is 0 Å². The molecule has 3 aromatic rings. The summed E-state index contributed by atoms with van der Waals surface area (Å²) in [6.07, 6.45) is -3.80. The zero-order valence-electron chi connectivity index (χ0n) is 13.6. The third kappa shape index (κ3) is 4.34. The second-order valence-electron chi connectivity index (χ2n) is 5.39. The number of hydrogen-bond donors (Lipinski definition) is 1. The molecule has 0 radical (unpaired) electrons. The van der Waals surface area contributed by atoms with Crippen LogP contribution in [0, 0.1) is 10.1 Å². The Balaban J connectivity index is 1.71.